The van der Waals surface area contributed by atoms with Gasteiger partial charge in [-0.05, 0) is 36.7 Å². The van der Waals surface area contributed by atoms with Crippen LogP contribution in [0.25, 0.3) is 0 Å². The monoisotopic (exact) mass is 264 g/mol. The number of nitrogens with zero attached hydrogens (tertiary/aromatic N) is 3. The van der Waals surface area contributed by atoms with Crippen molar-refractivity contribution in [2.45, 2.75) is 19.8 Å². The van der Waals surface area contributed by atoms with Crippen molar-refractivity contribution in [1.82, 2.24) is 5.32 Å². The minimum absolute atomic E-state index is 0.320. The SMILES string of the molecule is CC1=C(C#N)C(c2ccc(N=O)cc2)C(C#N)=C(C)N1. The molecule has 0 fully saturated rings. The molecule has 0 bridgehead atoms. The summed E-state index contributed by atoms with van der Waals surface area (Å²) < 4.78 is 0. The number of hydrogen-bond acceptors (Lipinski definition) is 5. The Balaban J connectivity index is 2.59. The van der Waals surface area contributed by atoms with Crippen molar-refractivity contribution < 1.29 is 0 Å². The van der Waals surface area contributed by atoms with E-state index in [9.17, 15) is 15.4 Å². The Morgan fingerprint density at radius 1 is 1.05 bits per heavy atom. The zero-order valence-corrected chi connectivity index (χ0v) is 11.1. The molecular weight excluding hydrogens is 252 g/mol. The van der Waals surface area contributed by atoms with E-state index >= 15 is 0 Å². The van der Waals surface area contributed by atoms with Crippen molar-refractivity contribution in [2.24, 2.45) is 5.18 Å². The van der Waals surface area contributed by atoms with E-state index in [1.165, 1.54) is 0 Å². The van der Waals surface area contributed by atoms with Gasteiger partial charge in [0, 0.05) is 11.4 Å². The highest BCUT2D eigenvalue weighted by Crippen LogP contribution is 2.37. The van der Waals surface area contributed by atoms with Crippen molar-refractivity contribution in [1.29, 1.82) is 10.5 Å². The summed E-state index contributed by atoms with van der Waals surface area (Å²) in [7, 11) is 0. The van der Waals surface area contributed by atoms with Crippen LogP contribution in [-0.2, 0) is 0 Å². The van der Waals surface area contributed by atoms with Crippen LogP contribution in [0.4, 0.5) is 5.69 Å². The molecule has 0 amide bonds. The highest BCUT2D eigenvalue weighted by Gasteiger charge is 2.29. The van der Waals surface area contributed by atoms with E-state index in [2.05, 4.69) is 22.6 Å². The van der Waals surface area contributed by atoms with Crippen LogP contribution in [0, 0.1) is 27.6 Å². The quantitative estimate of drug-likeness (QED) is 0.829. The second-order valence-electron chi connectivity index (χ2n) is 4.54. The molecule has 1 heterocycles. The highest BCUT2D eigenvalue weighted by molar-refractivity contribution is 5.56. The normalized spacial score (nSPS) is 15.4. The predicted octanol–water partition coefficient (Wildman–Crippen LogP) is 3.37. The number of nitrogens with one attached hydrogen (secondary N) is 1. The molecule has 1 aromatic rings. The van der Waals surface area contributed by atoms with Gasteiger partial charge in [0.1, 0.15) is 5.69 Å². The topological polar surface area (TPSA) is 89.0 Å². The highest BCUT2D eigenvalue weighted by atomic mass is 16.3. The van der Waals surface area contributed by atoms with Gasteiger partial charge in [-0.1, -0.05) is 12.1 Å². The molecule has 1 N–H and O–H groups in total. The first-order valence-corrected chi connectivity index (χ1v) is 6.04. The number of nitriles is 2. The van der Waals surface area contributed by atoms with Crippen LogP contribution in [0.1, 0.15) is 25.3 Å². The molecule has 1 aromatic carbocycles. The first kappa shape index (κ1) is 13.5. The smallest absolute Gasteiger partial charge is 0.108 e. The summed E-state index contributed by atoms with van der Waals surface area (Å²) in [5.41, 5.74) is 3.63. The third-order valence-corrected chi connectivity index (χ3v) is 3.33. The van der Waals surface area contributed by atoms with Crippen LogP contribution >= 0.6 is 0 Å². The van der Waals surface area contributed by atoms with Crippen LogP contribution in [0.15, 0.2) is 52.0 Å². The molecule has 2 rings (SSSR count). The Morgan fingerprint density at radius 3 is 1.95 bits per heavy atom. The van der Waals surface area contributed by atoms with Gasteiger partial charge < -0.3 is 5.32 Å². The molecule has 0 saturated carbocycles. The Labute approximate surface area is 116 Å². The van der Waals surface area contributed by atoms with E-state index in [4.69, 9.17) is 0 Å². The standard InChI is InChI=1S/C15H12N4O/c1-9-13(7-16)15(14(8-17)10(2)18-9)11-3-5-12(19-20)6-4-11/h3-6,15,18H,1-2H3. The Kier molecular flexibility index (Phi) is 3.63. The molecule has 98 valence electrons. The molecule has 0 unspecified atom stereocenters. The lowest BCUT2D eigenvalue weighted by atomic mass is 9.81. The van der Waals surface area contributed by atoms with Crippen LogP contribution < -0.4 is 5.32 Å². The van der Waals surface area contributed by atoms with Crippen molar-refractivity contribution in [3.8, 4) is 12.1 Å². The summed E-state index contributed by atoms with van der Waals surface area (Å²) in [6.45, 7) is 3.62. The predicted molar refractivity (Wildman–Crippen MR) is 74.4 cm³/mol. The number of rotatable bonds is 2. The van der Waals surface area contributed by atoms with Crippen molar-refractivity contribution in [3.05, 3.63) is 57.3 Å². The molecule has 0 aliphatic carbocycles. The molecule has 0 atom stereocenters. The van der Waals surface area contributed by atoms with Gasteiger partial charge in [-0.25, -0.2) is 0 Å². The van der Waals surface area contributed by atoms with Crippen LogP contribution in [0.3, 0.4) is 0 Å². The molecular formula is C15H12N4O. The van der Waals surface area contributed by atoms with Crippen molar-refractivity contribution in [2.75, 3.05) is 0 Å². The van der Waals surface area contributed by atoms with Gasteiger partial charge in [0.15, 0.2) is 0 Å². The molecule has 0 aromatic heterocycles. The summed E-state index contributed by atoms with van der Waals surface area (Å²) in [6.07, 6.45) is 0. The van der Waals surface area contributed by atoms with Gasteiger partial charge in [0.05, 0.1) is 29.2 Å². The molecule has 1 aliphatic heterocycles. The molecule has 0 radical (unpaired) electrons. The van der Waals surface area contributed by atoms with Gasteiger partial charge in [-0.15, -0.1) is 4.91 Å². The lowest BCUT2D eigenvalue weighted by molar-refractivity contribution is 0.814. The second-order valence-corrected chi connectivity index (χ2v) is 4.54. The maximum atomic E-state index is 10.5. The van der Waals surface area contributed by atoms with E-state index in [0.29, 0.717) is 16.8 Å². The summed E-state index contributed by atoms with van der Waals surface area (Å²) in [5.74, 6) is -0.396. The summed E-state index contributed by atoms with van der Waals surface area (Å²) in [4.78, 5) is 10.5. The fourth-order valence-corrected chi connectivity index (χ4v) is 2.35. The zero-order chi connectivity index (χ0) is 14.7. The minimum atomic E-state index is -0.396. The van der Waals surface area contributed by atoms with E-state index in [-0.39, 0.29) is 0 Å². The third kappa shape index (κ3) is 2.17. The average Bonchev–Trinajstić information content (AvgIpc) is 2.46. The molecule has 20 heavy (non-hydrogen) atoms. The third-order valence-electron chi connectivity index (χ3n) is 3.33. The number of benzene rings is 1. The minimum Gasteiger partial charge on any atom is -0.361 e. The van der Waals surface area contributed by atoms with Gasteiger partial charge in [0.25, 0.3) is 0 Å². The first-order chi connectivity index (χ1) is 9.62. The maximum absolute atomic E-state index is 10.5. The summed E-state index contributed by atoms with van der Waals surface area (Å²) >= 11 is 0. The molecule has 5 nitrogen and oxygen atoms in total. The van der Waals surface area contributed by atoms with Crippen molar-refractivity contribution >= 4 is 5.69 Å². The Hall–Kier alpha value is -2.92. The van der Waals surface area contributed by atoms with Gasteiger partial charge in [0.2, 0.25) is 0 Å². The number of hydrogen-bond donors (Lipinski definition) is 1. The second kappa shape index (κ2) is 5.38. The molecule has 5 heteroatoms. The lowest BCUT2D eigenvalue weighted by Crippen LogP contribution is -2.23. The largest absolute Gasteiger partial charge is 0.361 e. The van der Waals surface area contributed by atoms with Gasteiger partial charge >= 0.3 is 0 Å². The van der Waals surface area contributed by atoms with Crippen LogP contribution in [0.5, 0.6) is 0 Å². The maximum Gasteiger partial charge on any atom is 0.108 e. The van der Waals surface area contributed by atoms with Crippen molar-refractivity contribution in [3.63, 3.8) is 0 Å². The van der Waals surface area contributed by atoms with E-state index in [1.807, 2.05) is 13.8 Å². The average molecular weight is 264 g/mol. The first-order valence-electron chi connectivity index (χ1n) is 6.04. The fourth-order valence-electron chi connectivity index (χ4n) is 2.35. The Morgan fingerprint density at radius 2 is 1.55 bits per heavy atom. The number of dihydropyridines is 1. The van der Waals surface area contributed by atoms with E-state index in [1.54, 1.807) is 24.3 Å². The number of allylic oxidation sites excluding steroid dienone is 4. The van der Waals surface area contributed by atoms with E-state index < -0.39 is 5.92 Å². The lowest BCUT2D eigenvalue weighted by Gasteiger charge is -2.26. The summed E-state index contributed by atoms with van der Waals surface area (Å²) in [5, 5.41) is 24.6. The molecule has 0 spiro atoms. The molecule has 0 saturated heterocycles. The number of nitroso groups, excluding NO2 is 1. The zero-order valence-electron chi connectivity index (χ0n) is 11.1. The molecule has 1 aliphatic rings. The van der Waals surface area contributed by atoms with Gasteiger partial charge in [-0.2, -0.15) is 10.5 Å². The van der Waals surface area contributed by atoms with Gasteiger partial charge in [-0.3, -0.25) is 0 Å². The van der Waals surface area contributed by atoms with E-state index in [0.717, 1.165) is 17.0 Å². The summed E-state index contributed by atoms with van der Waals surface area (Å²) in [6, 6.07) is 10.9. The van der Waals surface area contributed by atoms with Crippen LogP contribution in [0.2, 0.25) is 0 Å². The Bertz CT molecular complexity index is 663. The fraction of sp³-hybridized carbons (Fsp3) is 0.200. The van der Waals surface area contributed by atoms with Crippen LogP contribution in [-0.4, -0.2) is 0 Å².